The first-order valence-electron chi connectivity index (χ1n) is 10.6. The van der Waals surface area contributed by atoms with Crippen LogP contribution in [0.1, 0.15) is 30.2 Å². The molecule has 1 N–H and O–H groups in total. The van der Waals surface area contributed by atoms with Crippen molar-refractivity contribution in [2.45, 2.75) is 30.9 Å². The maximum Gasteiger partial charge on any atom is 0.238 e. The van der Waals surface area contributed by atoms with Gasteiger partial charge in [0.1, 0.15) is 29.9 Å². The maximum atomic E-state index is 14.6. The normalized spacial score (nSPS) is 17.3. The molecule has 5 rings (SSSR count). The van der Waals surface area contributed by atoms with Gasteiger partial charge >= 0.3 is 0 Å². The van der Waals surface area contributed by atoms with Crippen molar-refractivity contribution >= 4 is 0 Å². The highest BCUT2D eigenvalue weighted by atomic mass is 19.1. The van der Waals surface area contributed by atoms with E-state index >= 15 is 0 Å². The average Bonchev–Trinajstić information content (AvgIpc) is 3.56. The number of aromatic nitrogens is 5. The molecule has 1 unspecified atom stereocenters. The number of β-amino-alcohol motifs (C(OH)–C–C–N with tert-alkyl or cyclic N) is 1. The van der Waals surface area contributed by atoms with Gasteiger partial charge in [0, 0.05) is 24.1 Å². The second-order valence-corrected chi connectivity index (χ2v) is 8.23. The Labute approximate surface area is 187 Å². The largest absolute Gasteiger partial charge is 0.461 e. The number of hydrogen-bond acceptors (Lipinski definition) is 8. The predicted molar refractivity (Wildman–Crippen MR) is 111 cm³/mol. The summed E-state index contributed by atoms with van der Waals surface area (Å²) < 4.78 is 40.3. The van der Waals surface area contributed by atoms with Crippen molar-refractivity contribution in [3.8, 4) is 11.6 Å². The molecule has 0 radical (unpaired) electrons. The molecule has 1 aliphatic rings. The fourth-order valence-corrected chi connectivity index (χ4v) is 4.28. The van der Waals surface area contributed by atoms with Crippen LogP contribution in [0.3, 0.4) is 0 Å². The molecular formula is C22H22F2N6O3. The van der Waals surface area contributed by atoms with Crippen LogP contribution in [-0.2, 0) is 12.1 Å². The molecule has 0 saturated carbocycles. The van der Waals surface area contributed by atoms with Crippen LogP contribution in [0.5, 0.6) is 0 Å². The second kappa shape index (κ2) is 8.83. The van der Waals surface area contributed by atoms with Gasteiger partial charge in [-0.1, -0.05) is 11.2 Å². The number of likely N-dealkylation sites (tertiary alicyclic amines) is 1. The molecule has 9 nitrogen and oxygen atoms in total. The lowest BCUT2D eigenvalue weighted by molar-refractivity contribution is -0.0271. The van der Waals surface area contributed by atoms with E-state index in [4.69, 9.17) is 8.94 Å². The van der Waals surface area contributed by atoms with Crippen LogP contribution in [-0.4, -0.2) is 54.5 Å². The molecule has 0 aliphatic carbocycles. The number of furan rings is 1. The SMILES string of the molecule is OC(CN1CCC(c2nc(-c3ccco3)no2)CC1)(Cn1cncn1)c1ccc(F)cc1F. The summed E-state index contributed by atoms with van der Waals surface area (Å²) in [6, 6.07) is 6.72. The molecule has 1 atom stereocenters. The number of aliphatic hydroxyl groups is 1. The maximum absolute atomic E-state index is 14.6. The van der Waals surface area contributed by atoms with Crippen molar-refractivity contribution in [1.82, 2.24) is 29.8 Å². The van der Waals surface area contributed by atoms with Gasteiger partial charge in [0.05, 0.1) is 12.8 Å². The fraction of sp³-hybridized carbons (Fsp3) is 0.364. The van der Waals surface area contributed by atoms with Crippen molar-refractivity contribution < 1.29 is 22.8 Å². The first-order valence-corrected chi connectivity index (χ1v) is 10.6. The monoisotopic (exact) mass is 456 g/mol. The summed E-state index contributed by atoms with van der Waals surface area (Å²) in [6.07, 6.45) is 5.80. The van der Waals surface area contributed by atoms with Crippen LogP contribution in [0, 0.1) is 11.6 Å². The summed E-state index contributed by atoms with van der Waals surface area (Å²) in [6.45, 7) is 1.38. The van der Waals surface area contributed by atoms with E-state index in [1.807, 2.05) is 4.90 Å². The Balaban J connectivity index is 1.29. The van der Waals surface area contributed by atoms with E-state index in [2.05, 4.69) is 20.2 Å². The highest BCUT2D eigenvalue weighted by Crippen LogP contribution is 2.32. The lowest BCUT2D eigenvalue weighted by atomic mass is 9.90. The van der Waals surface area contributed by atoms with Crippen molar-refractivity contribution in [2.24, 2.45) is 0 Å². The average molecular weight is 456 g/mol. The van der Waals surface area contributed by atoms with Gasteiger partial charge < -0.3 is 18.9 Å². The van der Waals surface area contributed by atoms with Gasteiger partial charge in [-0.05, 0) is 44.1 Å². The minimum atomic E-state index is -1.63. The molecule has 33 heavy (non-hydrogen) atoms. The highest BCUT2D eigenvalue weighted by Gasteiger charge is 2.37. The molecule has 0 amide bonds. The topological polar surface area (TPSA) is 106 Å². The van der Waals surface area contributed by atoms with Crippen LogP contribution < -0.4 is 0 Å². The molecule has 3 aromatic heterocycles. The van der Waals surface area contributed by atoms with Crippen LogP contribution in [0.4, 0.5) is 8.78 Å². The number of piperidine rings is 1. The van der Waals surface area contributed by atoms with Crippen molar-refractivity contribution in [3.63, 3.8) is 0 Å². The first-order chi connectivity index (χ1) is 16.0. The number of rotatable bonds is 7. The van der Waals surface area contributed by atoms with Crippen LogP contribution in [0.2, 0.25) is 0 Å². The molecule has 1 aliphatic heterocycles. The minimum absolute atomic E-state index is 0.0153. The first kappa shape index (κ1) is 21.4. The molecule has 0 spiro atoms. The number of halogens is 2. The van der Waals surface area contributed by atoms with Crippen LogP contribution >= 0.6 is 0 Å². The Hall–Kier alpha value is -3.44. The summed E-state index contributed by atoms with van der Waals surface area (Å²) in [7, 11) is 0. The molecule has 172 valence electrons. The summed E-state index contributed by atoms with van der Waals surface area (Å²) in [4.78, 5) is 10.4. The molecule has 1 aromatic carbocycles. The zero-order valence-electron chi connectivity index (χ0n) is 17.6. The smallest absolute Gasteiger partial charge is 0.238 e. The van der Waals surface area contributed by atoms with Gasteiger partial charge in [-0.2, -0.15) is 10.1 Å². The Kier molecular flexibility index (Phi) is 5.73. The Morgan fingerprint density at radius 1 is 1.15 bits per heavy atom. The molecule has 11 heteroatoms. The van der Waals surface area contributed by atoms with Crippen LogP contribution in [0.15, 0.2) is 58.2 Å². The van der Waals surface area contributed by atoms with E-state index in [1.54, 1.807) is 18.4 Å². The molecule has 4 aromatic rings. The lowest BCUT2D eigenvalue weighted by Gasteiger charge is -2.37. The molecule has 1 saturated heterocycles. The molecule has 1 fully saturated rings. The third kappa shape index (κ3) is 4.55. The van der Waals surface area contributed by atoms with Crippen molar-refractivity contribution in [3.05, 3.63) is 72.3 Å². The quantitative estimate of drug-likeness (QED) is 0.453. The number of nitrogens with zero attached hydrogens (tertiary/aromatic N) is 6. The van der Waals surface area contributed by atoms with E-state index in [0.29, 0.717) is 30.6 Å². The summed E-state index contributed by atoms with van der Waals surface area (Å²) >= 11 is 0. The van der Waals surface area contributed by atoms with Crippen molar-refractivity contribution in [1.29, 1.82) is 0 Å². The summed E-state index contributed by atoms with van der Waals surface area (Å²) in [5.41, 5.74) is -1.61. The molecule has 0 bridgehead atoms. The van der Waals surface area contributed by atoms with E-state index in [-0.39, 0.29) is 24.6 Å². The predicted octanol–water partition coefficient (Wildman–Crippen LogP) is 2.97. The Morgan fingerprint density at radius 3 is 2.70 bits per heavy atom. The second-order valence-electron chi connectivity index (χ2n) is 8.23. The van der Waals surface area contributed by atoms with Crippen molar-refractivity contribution in [2.75, 3.05) is 19.6 Å². The zero-order chi connectivity index (χ0) is 22.8. The van der Waals surface area contributed by atoms with Gasteiger partial charge in [-0.25, -0.2) is 18.4 Å². The van der Waals surface area contributed by atoms with Gasteiger partial charge in [0.25, 0.3) is 0 Å². The zero-order valence-corrected chi connectivity index (χ0v) is 17.6. The van der Waals surface area contributed by atoms with E-state index in [0.717, 1.165) is 25.0 Å². The van der Waals surface area contributed by atoms with Gasteiger partial charge in [0.15, 0.2) is 5.76 Å². The Morgan fingerprint density at radius 2 is 2.00 bits per heavy atom. The highest BCUT2D eigenvalue weighted by molar-refractivity contribution is 5.44. The van der Waals surface area contributed by atoms with Gasteiger partial charge in [0.2, 0.25) is 11.7 Å². The third-order valence-corrected chi connectivity index (χ3v) is 5.93. The lowest BCUT2D eigenvalue weighted by Crippen LogP contribution is -2.47. The third-order valence-electron chi connectivity index (χ3n) is 5.93. The van der Waals surface area contributed by atoms with Gasteiger partial charge in [-0.15, -0.1) is 0 Å². The summed E-state index contributed by atoms with van der Waals surface area (Å²) in [5, 5.41) is 19.6. The van der Waals surface area contributed by atoms with E-state index in [9.17, 15) is 13.9 Å². The van der Waals surface area contributed by atoms with Crippen LogP contribution in [0.25, 0.3) is 11.6 Å². The minimum Gasteiger partial charge on any atom is -0.461 e. The Bertz CT molecular complexity index is 1190. The fourth-order valence-electron chi connectivity index (χ4n) is 4.28. The number of hydrogen-bond donors (Lipinski definition) is 1. The molecular weight excluding hydrogens is 434 g/mol. The van der Waals surface area contributed by atoms with E-state index in [1.165, 1.54) is 23.4 Å². The standard InChI is InChI=1S/C22H22F2N6O3/c23-16-3-4-17(18(24)10-16)22(31,12-30-14-25-13-26-30)11-29-7-5-15(6-8-29)21-27-20(28-33-21)19-2-1-9-32-19/h1-4,9-10,13-15,31H,5-8,11-12H2. The molecule has 4 heterocycles. The number of benzene rings is 1. The van der Waals surface area contributed by atoms with Gasteiger partial charge in [-0.3, -0.25) is 0 Å². The van der Waals surface area contributed by atoms with E-state index < -0.39 is 17.2 Å². The summed E-state index contributed by atoms with van der Waals surface area (Å²) in [5.74, 6) is 0.0674.